The summed E-state index contributed by atoms with van der Waals surface area (Å²) >= 11 is 0. The van der Waals surface area contributed by atoms with Crippen molar-refractivity contribution >= 4 is 17.9 Å². The van der Waals surface area contributed by atoms with E-state index in [-0.39, 0.29) is 13.2 Å². The Hall–Kier alpha value is -2.35. The first-order chi connectivity index (χ1) is 9.11. The molecule has 1 aromatic rings. The minimum atomic E-state index is -0.735. The minimum Gasteiger partial charge on any atom is -0.467 e. The Morgan fingerprint density at radius 2 is 2.11 bits per heavy atom. The van der Waals surface area contributed by atoms with Crippen molar-refractivity contribution in [3.8, 4) is 0 Å². The lowest BCUT2D eigenvalue weighted by Crippen LogP contribution is -2.41. The number of imide groups is 1. The van der Waals surface area contributed by atoms with E-state index in [1.54, 1.807) is 12.1 Å². The monoisotopic (exact) mass is 270 g/mol. The van der Waals surface area contributed by atoms with Crippen molar-refractivity contribution in [2.45, 2.75) is 6.54 Å². The van der Waals surface area contributed by atoms with Crippen LogP contribution in [0, 0.1) is 0 Å². The predicted octanol–water partition coefficient (Wildman–Crippen LogP) is -0.205. The summed E-state index contributed by atoms with van der Waals surface area (Å²) in [4.78, 5) is 33.4. The largest absolute Gasteiger partial charge is 0.467 e. The molecule has 19 heavy (non-hydrogen) atoms. The lowest BCUT2D eigenvalue weighted by molar-refractivity contribution is -0.151. The fraction of sp³-hybridized carbons (Fsp3) is 0.364. The average Bonchev–Trinajstić information content (AvgIpc) is 2.87. The standard InChI is InChI=1S/C11H14N2O6/c1-17-7-10(15)19-6-9(14)13-11(16)12-5-8-3-2-4-18-8/h2-4H,5-7H2,1H3,(H2,12,13,14,16). The number of rotatable bonds is 6. The van der Waals surface area contributed by atoms with Crippen molar-refractivity contribution in [2.75, 3.05) is 20.3 Å². The molecular weight excluding hydrogens is 256 g/mol. The van der Waals surface area contributed by atoms with Crippen LogP contribution >= 0.6 is 0 Å². The molecule has 0 radical (unpaired) electrons. The SMILES string of the molecule is COCC(=O)OCC(=O)NC(=O)NCc1ccco1. The van der Waals surface area contributed by atoms with Crippen LogP contribution < -0.4 is 10.6 Å². The zero-order chi connectivity index (χ0) is 14.1. The zero-order valence-corrected chi connectivity index (χ0v) is 10.3. The van der Waals surface area contributed by atoms with E-state index < -0.39 is 24.5 Å². The second-order valence-corrected chi connectivity index (χ2v) is 3.40. The second-order valence-electron chi connectivity index (χ2n) is 3.40. The summed E-state index contributed by atoms with van der Waals surface area (Å²) < 4.78 is 14.0. The molecule has 8 heteroatoms. The van der Waals surface area contributed by atoms with Gasteiger partial charge in [0.05, 0.1) is 12.8 Å². The van der Waals surface area contributed by atoms with Gasteiger partial charge in [-0.1, -0.05) is 0 Å². The van der Waals surface area contributed by atoms with Gasteiger partial charge in [-0.25, -0.2) is 9.59 Å². The van der Waals surface area contributed by atoms with Crippen LogP contribution in [0.2, 0.25) is 0 Å². The molecule has 0 bridgehead atoms. The van der Waals surface area contributed by atoms with Crippen LogP contribution in [-0.4, -0.2) is 38.2 Å². The number of carbonyl (C=O) groups excluding carboxylic acids is 3. The Morgan fingerprint density at radius 3 is 2.74 bits per heavy atom. The number of urea groups is 1. The van der Waals surface area contributed by atoms with Gasteiger partial charge >= 0.3 is 12.0 Å². The number of ether oxygens (including phenoxy) is 2. The van der Waals surface area contributed by atoms with Crippen molar-refractivity contribution in [3.05, 3.63) is 24.2 Å². The molecule has 0 atom stereocenters. The zero-order valence-electron chi connectivity index (χ0n) is 10.3. The molecule has 0 aliphatic rings. The van der Waals surface area contributed by atoms with E-state index in [2.05, 4.69) is 14.8 Å². The van der Waals surface area contributed by atoms with Crippen molar-refractivity contribution in [3.63, 3.8) is 0 Å². The Labute approximate surface area is 109 Å². The smallest absolute Gasteiger partial charge is 0.332 e. The van der Waals surface area contributed by atoms with Gasteiger partial charge in [-0.15, -0.1) is 0 Å². The van der Waals surface area contributed by atoms with Crippen molar-refractivity contribution in [2.24, 2.45) is 0 Å². The maximum atomic E-state index is 11.3. The number of hydrogen-bond acceptors (Lipinski definition) is 6. The van der Waals surface area contributed by atoms with E-state index in [0.29, 0.717) is 5.76 Å². The van der Waals surface area contributed by atoms with Crippen LogP contribution in [0.15, 0.2) is 22.8 Å². The third-order valence-electron chi connectivity index (χ3n) is 1.88. The first-order valence-corrected chi connectivity index (χ1v) is 5.36. The summed E-state index contributed by atoms with van der Waals surface area (Å²) in [5.41, 5.74) is 0. The van der Waals surface area contributed by atoms with E-state index in [1.165, 1.54) is 13.4 Å². The number of esters is 1. The molecule has 0 saturated carbocycles. The number of hydrogen-bond donors (Lipinski definition) is 2. The molecule has 3 amide bonds. The van der Waals surface area contributed by atoms with Crippen LogP contribution in [0.1, 0.15) is 5.76 Å². The van der Waals surface area contributed by atoms with Gasteiger partial charge in [-0.2, -0.15) is 0 Å². The molecule has 0 aromatic carbocycles. The van der Waals surface area contributed by atoms with Gasteiger partial charge in [0.1, 0.15) is 12.4 Å². The molecule has 0 unspecified atom stereocenters. The Morgan fingerprint density at radius 1 is 1.32 bits per heavy atom. The summed E-state index contributed by atoms with van der Waals surface area (Å²) in [6, 6.07) is 2.65. The highest BCUT2D eigenvalue weighted by molar-refractivity contribution is 5.95. The molecule has 1 rings (SSSR count). The van der Waals surface area contributed by atoms with Crippen LogP contribution in [-0.2, 0) is 25.6 Å². The topological polar surface area (TPSA) is 107 Å². The molecular formula is C11H14N2O6. The molecule has 0 spiro atoms. The molecule has 0 aliphatic carbocycles. The third kappa shape index (κ3) is 6.22. The summed E-state index contributed by atoms with van der Waals surface area (Å²) in [7, 11) is 1.32. The quantitative estimate of drug-likeness (QED) is 0.693. The van der Waals surface area contributed by atoms with E-state index in [9.17, 15) is 14.4 Å². The summed E-state index contributed by atoms with van der Waals surface area (Å²) in [6.07, 6.45) is 1.47. The molecule has 0 fully saturated rings. The molecule has 0 saturated heterocycles. The lowest BCUT2D eigenvalue weighted by Gasteiger charge is -2.06. The number of carbonyl (C=O) groups is 3. The van der Waals surface area contributed by atoms with Gasteiger partial charge in [0.25, 0.3) is 5.91 Å². The molecule has 1 heterocycles. The summed E-state index contributed by atoms with van der Waals surface area (Å²) in [5.74, 6) is -0.871. The molecule has 104 valence electrons. The maximum absolute atomic E-state index is 11.3. The fourth-order valence-corrected chi connectivity index (χ4v) is 1.09. The minimum absolute atomic E-state index is 0.148. The Balaban J connectivity index is 2.17. The summed E-state index contributed by atoms with van der Waals surface area (Å²) in [5, 5.41) is 4.39. The van der Waals surface area contributed by atoms with E-state index in [0.717, 1.165) is 0 Å². The normalized spacial score (nSPS) is 9.74. The predicted molar refractivity (Wildman–Crippen MR) is 61.9 cm³/mol. The number of nitrogens with one attached hydrogen (secondary N) is 2. The van der Waals surface area contributed by atoms with Crippen molar-refractivity contribution < 1.29 is 28.3 Å². The Bertz CT molecular complexity index is 428. The van der Waals surface area contributed by atoms with E-state index >= 15 is 0 Å². The lowest BCUT2D eigenvalue weighted by atomic mass is 10.4. The van der Waals surface area contributed by atoms with Gasteiger partial charge in [0, 0.05) is 7.11 Å². The molecule has 0 aliphatic heterocycles. The van der Waals surface area contributed by atoms with Crippen molar-refractivity contribution in [1.82, 2.24) is 10.6 Å². The highest BCUT2D eigenvalue weighted by Gasteiger charge is 2.10. The van der Waals surface area contributed by atoms with Crippen LogP contribution in [0.5, 0.6) is 0 Å². The van der Waals surface area contributed by atoms with Crippen LogP contribution in [0.3, 0.4) is 0 Å². The van der Waals surface area contributed by atoms with Crippen molar-refractivity contribution in [1.29, 1.82) is 0 Å². The fourth-order valence-electron chi connectivity index (χ4n) is 1.09. The highest BCUT2D eigenvalue weighted by Crippen LogP contribution is 1.97. The van der Waals surface area contributed by atoms with Gasteiger partial charge in [0.2, 0.25) is 0 Å². The van der Waals surface area contributed by atoms with E-state index in [1.807, 2.05) is 5.32 Å². The van der Waals surface area contributed by atoms with Gasteiger partial charge in [0.15, 0.2) is 6.61 Å². The highest BCUT2D eigenvalue weighted by atomic mass is 16.6. The molecule has 8 nitrogen and oxygen atoms in total. The third-order valence-corrected chi connectivity index (χ3v) is 1.88. The second kappa shape index (κ2) is 7.88. The van der Waals surface area contributed by atoms with Gasteiger partial charge in [-0.3, -0.25) is 10.1 Å². The molecule has 1 aromatic heterocycles. The van der Waals surface area contributed by atoms with Crippen LogP contribution in [0.25, 0.3) is 0 Å². The summed E-state index contributed by atoms with van der Waals surface area (Å²) in [6.45, 7) is -0.649. The Kier molecular flexibility index (Phi) is 6.10. The number of furan rings is 1. The number of methoxy groups -OCH3 is 1. The first kappa shape index (κ1) is 14.7. The maximum Gasteiger partial charge on any atom is 0.332 e. The number of amides is 3. The first-order valence-electron chi connectivity index (χ1n) is 5.36. The van der Waals surface area contributed by atoms with E-state index in [4.69, 9.17) is 4.42 Å². The average molecular weight is 270 g/mol. The van der Waals surface area contributed by atoms with Gasteiger partial charge in [-0.05, 0) is 12.1 Å². The molecule has 2 N–H and O–H groups in total. The van der Waals surface area contributed by atoms with Gasteiger partial charge < -0.3 is 19.2 Å². The van der Waals surface area contributed by atoms with Crippen LogP contribution in [0.4, 0.5) is 4.79 Å².